The fraction of sp³-hybridized carbons (Fsp3) is 0.500. The number of alkyl halides is 3. The molecule has 0 heterocycles. The van der Waals surface area contributed by atoms with Crippen molar-refractivity contribution in [2.24, 2.45) is 10.7 Å². The molecule has 11 heteroatoms. The van der Waals surface area contributed by atoms with Crippen LogP contribution in [0.1, 0.15) is 20.8 Å². The number of benzene rings is 1. The first-order chi connectivity index (χ1) is 10.8. The molecule has 0 bridgehead atoms. The highest BCUT2D eigenvalue weighted by atomic mass is 127. The zero-order valence-electron chi connectivity index (χ0n) is 13.9. The van der Waals surface area contributed by atoms with Crippen LogP contribution in [0.15, 0.2) is 29.3 Å². The van der Waals surface area contributed by atoms with Crippen LogP contribution >= 0.6 is 24.0 Å². The van der Waals surface area contributed by atoms with E-state index in [9.17, 15) is 21.6 Å². The van der Waals surface area contributed by atoms with Crippen LogP contribution in [0, 0.1) is 0 Å². The summed E-state index contributed by atoms with van der Waals surface area (Å²) in [5.41, 5.74) is 6.01. The fourth-order valence-corrected chi connectivity index (χ4v) is 2.46. The third-order valence-electron chi connectivity index (χ3n) is 2.94. The summed E-state index contributed by atoms with van der Waals surface area (Å²) >= 11 is 0. The van der Waals surface area contributed by atoms with E-state index in [1.807, 2.05) is 0 Å². The Morgan fingerprint density at radius 3 is 2.16 bits per heavy atom. The topological polar surface area (TPSA) is 93.8 Å². The Bertz CT molecular complexity index is 684. The molecular formula is C14H21F3IN3O3S. The number of nitrogens with zero attached hydrogens (tertiary/aromatic N) is 1. The average Bonchev–Trinajstić information content (AvgIpc) is 2.37. The molecule has 0 aliphatic rings. The number of hydrogen-bond donors (Lipinski definition) is 2. The number of sulfone groups is 1. The van der Waals surface area contributed by atoms with Crippen molar-refractivity contribution in [1.29, 1.82) is 0 Å². The van der Waals surface area contributed by atoms with Gasteiger partial charge in [-0.05, 0) is 45.0 Å². The summed E-state index contributed by atoms with van der Waals surface area (Å²) in [4.78, 5) is 3.89. The summed E-state index contributed by atoms with van der Waals surface area (Å²) in [5, 5.41) is 2.65. The number of rotatable bonds is 5. The first kappa shape index (κ1) is 23.8. The van der Waals surface area contributed by atoms with E-state index in [0.717, 1.165) is 12.1 Å². The predicted molar refractivity (Wildman–Crippen MR) is 102 cm³/mol. The molecule has 144 valence electrons. The van der Waals surface area contributed by atoms with Gasteiger partial charge in [0.05, 0.1) is 17.0 Å². The van der Waals surface area contributed by atoms with Gasteiger partial charge in [0.2, 0.25) is 0 Å². The van der Waals surface area contributed by atoms with Gasteiger partial charge in [-0.1, -0.05) is 0 Å². The Balaban J connectivity index is 0.00000576. The number of aliphatic imine (C=N–C) groups is 1. The Labute approximate surface area is 162 Å². The molecule has 0 aliphatic carbocycles. The lowest BCUT2D eigenvalue weighted by molar-refractivity contribution is -0.274. The van der Waals surface area contributed by atoms with Crippen LogP contribution in [0.3, 0.4) is 0 Å². The van der Waals surface area contributed by atoms with Crippen molar-refractivity contribution in [3.63, 3.8) is 0 Å². The maximum atomic E-state index is 12.0. The number of hydrogen-bond acceptors (Lipinski definition) is 4. The maximum Gasteiger partial charge on any atom is 0.573 e. The fourth-order valence-electron chi connectivity index (χ4n) is 1.52. The number of halogens is 4. The standard InChI is InChI=1S/C14H20F3N3O3S.HI/c1-13(2,3)24(21,22)9-8-19-12(18)20-10-4-6-11(7-5-10)23-14(15,16)17;/h4-7H,8-9H2,1-3H3,(H3,18,19,20);1H. The smallest absolute Gasteiger partial charge is 0.406 e. The average molecular weight is 495 g/mol. The van der Waals surface area contributed by atoms with Crippen LogP contribution in [-0.4, -0.2) is 37.8 Å². The molecule has 0 saturated heterocycles. The molecule has 1 aromatic carbocycles. The summed E-state index contributed by atoms with van der Waals surface area (Å²) in [6, 6.07) is 4.89. The van der Waals surface area contributed by atoms with E-state index in [0.29, 0.717) is 5.69 Å². The Hall–Kier alpha value is -1.24. The molecule has 0 unspecified atom stereocenters. The van der Waals surface area contributed by atoms with E-state index >= 15 is 0 Å². The Kier molecular flexibility index (Phi) is 8.48. The van der Waals surface area contributed by atoms with E-state index in [1.165, 1.54) is 12.1 Å². The van der Waals surface area contributed by atoms with E-state index in [1.54, 1.807) is 20.8 Å². The van der Waals surface area contributed by atoms with E-state index in [4.69, 9.17) is 5.73 Å². The minimum absolute atomic E-state index is 0. The van der Waals surface area contributed by atoms with Crippen LogP contribution in [0.5, 0.6) is 5.75 Å². The second kappa shape index (κ2) is 8.92. The third-order valence-corrected chi connectivity index (χ3v) is 5.52. The van der Waals surface area contributed by atoms with Crippen molar-refractivity contribution in [3.05, 3.63) is 24.3 Å². The predicted octanol–water partition coefficient (Wildman–Crippen LogP) is 3.14. The lowest BCUT2D eigenvalue weighted by Crippen LogP contribution is -2.32. The molecular weight excluding hydrogens is 474 g/mol. The van der Waals surface area contributed by atoms with Crippen molar-refractivity contribution < 1.29 is 26.3 Å². The van der Waals surface area contributed by atoms with Gasteiger partial charge in [-0.2, -0.15) is 0 Å². The van der Waals surface area contributed by atoms with Crippen LogP contribution in [-0.2, 0) is 9.84 Å². The van der Waals surface area contributed by atoms with Gasteiger partial charge in [0.25, 0.3) is 0 Å². The van der Waals surface area contributed by atoms with Gasteiger partial charge in [0.1, 0.15) is 5.75 Å². The van der Waals surface area contributed by atoms with Crippen molar-refractivity contribution in [2.45, 2.75) is 31.9 Å². The molecule has 0 aromatic heterocycles. The molecule has 0 spiro atoms. The highest BCUT2D eigenvalue weighted by molar-refractivity contribution is 14.0. The maximum absolute atomic E-state index is 12.0. The SMILES string of the molecule is CC(C)(C)S(=O)(=O)CCN=C(N)Nc1ccc(OC(F)(F)F)cc1.I. The highest BCUT2D eigenvalue weighted by Gasteiger charge is 2.31. The van der Waals surface area contributed by atoms with Gasteiger partial charge < -0.3 is 15.8 Å². The normalized spacial score (nSPS) is 13.1. The number of anilines is 1. The van der Waals surface area contributed by atoms with Crippen molar-refractivity contribution >= 4 is 45.5 Å². The van der Waals surface area contributed by atoms with Gasteiger partial charge in [-0.25, -0.2) is 8.42 Å². The van der Waals surface area contributed by atoms with E-state index in [-0.39, 0.29) is 48.0 Å². The second-order valence-corrected chi connectivity index (χ2v) is 8.76. The first-order valence-electron chi connectivity index (χ1n) is 6.95. The number of nitrogens with two attached hydrogens (primary N) is 1. The van der Waals surface area contributed by atoms with Crippen LogP contribution in [0.25, 0.3) is 0 Å². The summed E-state index contributed by atoms with van der Waals surface area (Å²) < 4.78 is 62.8. The minimum atomic E-state index is -4.76. The van der Waals surface area contributed by atoms with Crippen molar-refractivity contribution in [1.82, 2.24) is 0 Å². The van der Waals surface area contributed by atoms with E-state index < -0.39 is 20.9 Å². The minimum Gasteiger partial charge on any atom is -0.406 e. The van der Waals surface area contributed by atoms with Crippen LogP contribution < -0.4 is 15.8 Å². The van der Waals surface area contributed by atoms with Gasteiger partial charge in [0.15, 0.2) is 15.8 Å². The van der Waals surface area contributed by atoms with Gasteiger partial charge in [-0.3, -0.25) is 4.99 Å². The highest BCUT2D eigenvalue weighted by Crippen LogP contribution is 2.23. The molecule has 25 heavy (non-hydrogen) atoms. The van der Waals surface area contributed by atoms with Crippen LogP contribution in [0.2, 0.25) is 0 Å². The van der Waals surface area contributed by atoms with Crippen molar-refractivity contribution in [2.75, 3.05) is 17.6 Å². The Morgan fingerprint density at radius 2 is 1.72 bits per heavy atom. The summed E-state index contributed by atoms with van der Waals surface area (Å²) in [7, 11) is -3.30. The zero-order valence-corrected chi connectivity index (χ0v) is 17.1. The molecule has 1 aromatic rings. The summed E-state index contributed by atoms with van der Waals surface area (Å²) in [5.74, 6) is -0.555. The molecule has 0 saturated carbocycles. The molecule has 0 atom stereocenters. The van der Waals surface area contributed by atoms with Gasteiger partial charge >= 0.3 is 6.36 Å². The van der Waals surface area contributed by atoms with Crippen LogP contribution in [0.4, 0.5) is 18.9 Å². The Morgan fingerprint density at radius 1 is 1.20 bits per heavy atom. The first-order valence-corrected chi connectivity index (χ1v) is 8.60. The molecule has 0 aliphatic heterocycles. The molecule has 0 radical (unpaired) electrons. The second-order valence-electron chi connectivity index (χ2n) is 5.90. The largest absolute Gasteiger partial charge is 0.573 e. The molecule has 6 nitrogen and oxygen atoms in total. The monoisotopic (exact) mass is 495 g/mol. The quantitative estimate of drug-likeness (QED) is 0.372. The lowest BCUT2D eigenvalue weighted by atomic mass is 10.3. The van der Waals surface area contributed by atoms with Gasteiger partial charge in [-0.15, -0.1) is 37.1 Å². The zero-order chi connectivity index (χ0) is 18.6. The molecule has 1 rings (SSSR count). The molecule has 0 fully saturated rings. The summed E-state index contributed by atoms with van der Waals surface area (Å²) in [6.45, 7) is 4.77. The third kappa shape index (κ3) is 8.61. The van der Waals surface area contributed by atoms with Gasteiger partial charge in [0, 0.05) is 5.69 Å². The number of guanidine groups is 1. The summed E-state index contributed by atoms with van der Waals surface area (Å²) in [6.07, 6.45) is -4.76. The molecule has 0 amide bonds. The molecule has 3 N–H and O–H groups in total. The van der Waals surface area contributed by atoms with Crippen molar-refractivity contribution in [3.8, 4) is 5.75 Å². The lowest BCUT2D eigenvalue weighted by Gasteiger charge is -2.18. The number of ether oxygens (including phenoxy) is 1. The van der Waals surface area contributed by atoms with E-state index in [2.05, 4.69) is 15.0 Å². The number of nitrogens with one attached hydrogen (secondary N) is 1.